The summed E-state index contributed by atoms with van der Waals surface area (Å²) in [5.74, 6) is -3.77. The molecule has 3 aromatic rings. The van der Waals surface area contributed by atoms with Crippen molar-refractivity contribution in [1.82, 2.24) is 14.8 Å². The van der Waals surface area contributed by atoms with Gasteiger partial charge < -0.3 is 19.3 Å². The van der Waals surface area contributed by atoms with Gasteiger partial charge in [-0.25, -0.2) is 13.2 Å². The van der Waals surface area contributed by atoms with Crippen molar-refractivity contribution in [1.29, 1.82) is 0 Å². The molecule has 2 aliphatic heterocycles. The molecule has 3 heterocycles. The second-order valence-electron chi connectivity index (χ2n) is 11.8. The van der Waals surface area contributed by atoms with Gasteiger partial charge in [-0.15, -0.1) is 0 Å². The van der Waals surface area contributed by atoms with E-state index in [2.05, 4.69) is 9.80 Å². The monoisotopic (exact) mass is 615 g/mol. The standard InChI is InChI=1S/C33H40F3N3O5/c1-42-25-4-5-30-27(19-25)26(23(21-37-30)22-39-11-14-43-15-12-39)3-2-6-33(20-31(40)41)7-9-38(10-8-33)13-16-44-32-28(35)17-24(34)18-29(32)36/h4-5,17-19,21H,2-3,6-16,20,22H2,1H3,(H,40,41). The van der Waals surface area contributed by atoms with Crippen LogP contribution in [0.3, 0.4) is 0 Å². The van der Waals surface area contributed by atoms with E-state index in [1.165, 1.54) is 11.1 Å². The average Bonchev–Trinajstić information content (AvgIpc) is 3.00. The third-order valence-corrected chi connectivity index (χ3v) is 8.97. The number of rotatable bonds is 13. The van der Waals surface area contributed by atoms with Crippen LogP contribution in [0.1, 0.15) is 43.2 Å². The molecule has 8 nitrogen and oxygen atoms in total. The zero-order chi connectivity index (χ0) is 31.1. The van der Waals surface area contributed by atoms with E-state index in [-0.39, 0.29) is 18.4 Å². The Kier molecular flexibility index (Phi) is 10.6. The maximum absolute atomic E-state index is 13.9. The molecule has 5 rings (SSSR count). The minimum Gasteiger partial charge on any atom is -0.497 e. The first-order valence-electron chi connectivity index (χ1n) is 15.2. The number of hydrogen-bond acceptors (Lipinski definition) is 7. The number of carboxylic acid groups (broad SMARTS) is 1. The zero-order valence-corrected chi connectivity index (χ0v) is 25.1. The van der Waals surface area contributed by atoms with Crippen LogP contribution in [-0.2, 0) is 22.5 Å². The van der Waals surface area contributed by atoms with Crippen molar-refractivity contribution in [2.24, 2.45) is 5.41 Å². The van der Waals surface area contributed by atoms with E-state index in [0.717, 1.165) is 55.5 Å². The molecule has 2 aromatic carbocycles. The van der Waals surface area contributed by atoms with Crippen LogP contribution in [-0.4, -0.2) is 85.5 Å². The molecule has 0 radical (unpaired) electrons. The fourth-order valence-corrected chi connectivity index (χ4v) is 6.50. The number of aryl methyl sites for hydroxylation is 1. The largest absolute Gasteiger partial charge is 0.497 e. The maximum Gasteiger partial charge on any atom is 0.303 e. The van der Waals surface area contributed by atoms with Crippen LogP contribution in [0.4, 0.5) is 13.2 Å². The van der Waals surface area contributed by atoms with Crippen molar-refractivity contribution in [3.63, 3.8) is 0 Å². The number of nitrogens with zero attached hydrogens (tertiary/aromatic N) is 3. The van der Waals surface area contributed by atoms with E-state index >= 15 is 0 Å². The lowest BCUT2D eigenvalue weighted by Crippen LogP contribution is -2.42. The van der Waals surface area contributed by atoms with E-state index in [1.54, 1.807) is 7.11 Å². The second-order valence-corrected chi connectivity index (χ2v) is 11.8. The SMILES string of the molecule is COc1ccc2ncc(CN3CCOCC3)c(CCCC3(CC(=O)O)CCN(CCOc4c(F)cc(F)cc4F)CC3)c2c1. The van der Waals surface area contributed by atoms with Crippen molar-refractivity contribution < 1.29 is 37.3 Å². The lowest BCUT2D eigenvalue weighted by Gasteiger charge is -2.41. The summed E-state index contributed by atoms with van der Waals surface area (Å²) in [5.41, 5.74) is 2.95. The maximum atomic E-state index is 13.9. The highest BCUT2D eigenvalue weighted by molar-refractivity contribution is 5.84. The van der Waals surface area contributed by atoms with Crippen LogP contribution in [0.15, 0.2) is 36.5 Å². The molecule has 11 heteroatoms. The summed E-state index contributed by atoms with van der Waals surface area (Å²) < 4.78 is 57.4. The Balaban J connectivity index is 1.23. The Morgan fingerprint density at radius 2 is 1.77 bits per heavy atom. The number of carboxylic acids is 1. The van der Waals surface area contributed by atoms with Crippen molar-refractivity contribution in [3.8, 4) is 11.5 Å². The Morgan fingerprint density at radius 1 is 1.05 bits per heavy atom. The van der Waals surface area contributed by atoms with Crippen LogP contribution in [0.25, 0.3) is 10.9 Å². The van der Waals surface area contributed by atoms with Gasteiger partial charge in [-0.05, 0) is 79.9 Å². The van der Waals surface area contributed by atoms with Crippen molar-refractivity contribution >= 4 is 16.9 Å². The van der Waals surface area contributed by atoms with Crippen molar-refractivity contribution in [3.05, 3.63) is 65.1 Å². The molecule has 1 N–H and O–H groups in total. The van der Waals surface area contributed by atoms with Gasteiger partial charge in [0, 0.05) is 49.9 Å². The molecule has 0 atom stereocenters. The fourth-order valence-electron chi connectivity index (χ4n) is 6.50. The number of ether oxygens (including phenoxy) is 3. The molecule has 0 aliphatic carbocycles. The number of aliphatic carboxylic acids is 1. The van der Waals surface area contributed by atoms with Gasteiger partial charge in [0.25, 0.3) is 0 Å². The summed E-state index contributed by atoms with van der Waals surface area (Å²) in [6, 6.07) is 7.11. The lowest BCUT2D eigenvalue weighted by molar-refractivity contribution is -0.140. The van der Waals surface area contributed by atoms with E-state index in [4.69, 9.17) is 19.2 Å². The van der Waals surface area contributed by atoms with Gasteiger partial charge >= 0.3 is 5.97 Å². The van der Waals surface area contributed by atoms with Crippen molar-refractivity contribution in [2.75, 3.05) is 59.7 Å². The quantitative estimate of drug-likeness (QED) is 0.272. The molecule has 2 aliphatic rings. The minimum atomic E-state index is -1.07. The van der Waals surface area contributed by atoms with Gasteiger partial charge in [-0.3, -0.25) is 19.6 Å². The molecule has 0 unspecified atom stereocenters. The number of benzene rings is 2. The predicted molar refractivity (Wildman–Crippen MR) is 159 cm³/mol. The summed E-state index contributed by atoms with van der Waals surface area (Å²) in [6.45, 7) is 5.72. The van der Waals surface area contributed by atoms with Gasteiger partial charge in [0.05, 0.1) is 32.3 Å². The van der Waals surface area contributed by atoms with E-state index < -0.39 is 29.2 Å². The van der Waals surface area contributed by atoms with Gasteiger partial charge in [0.2, 0.25) is 0 Å². The third kappa shape index (κ3) is 7.99. The summed E-state index contributed by atoms with van der Waals surface area (Å²) >= 11 is 0. The average molecular weight is 616 g/mol. The van der Waals surface area contributed by atoms with Crippen LogP contribution >= 0.6 is 0 Å². The van der Waals surface area contributed by atoms with Gasteiger partial charge in [-0.1, -0.05) is 0 Å². The number of carbonyl (C=O) groups is 1. The Morgan fingerprint density at radius 3 is 2.45 bits per heavy atom. The number of hydrogen-bond donors (Lipinski definition) is 1. The Hall–Kier alpha value is -3.41. The second kappa shape index (κ2) is 14.6. The molecular weight excluding hydrogens is 575 g/mol. The topological polar surface area (TPSA) is 84.4 Å². The first-order valence-corrected chi connectivity index (χ1v) is 15.2. The number of pyridine rings is 1. The molecule has 1 aromatic heterocycles. The van der Waals surface area contributed by atoms with E-state index in [0.29, 0.717) is 57.8 Å². The predicted octanol–water partition coefficient (Wildman–Crippen LogP) is 5.45. The summed E-state index contributed by atoms with van der Waals surface area (Å²) in [4.78, 5) is 21.2. The number of morpholine rings is 1. The summed E-state index contributed by atoms with van der Waals surface area (Å²) in [7, 11) is 1.65. The highest BCUT2D eigenvalue weighted by Gasteiger charge is 2.36. The normalized spacial score (nSPS) is 17.5. The number of piperidine rings is 1. The molecule has 2 saturated heterocycles. The third-order valence-electron chi connectivity index (χ3n) is 8.97. The van der Waals surface area contributed by atoms with Crippen LogP contribution in [0, 0.1) is 22.9 Å². The fraction of sp³-hybridized carbons (Fsp3) is 0.515. The smallest absolute Gasteiger partial charge is 0.303 e. The first kappa shape index (κ1) is 32.0. The lowest BCUT2D eigenvalue weighted by atomic mass is 9.72. The van der Waals surface area contributed by atoms with Gasteiger partial charge in [-0.2, -0.15) is 0 Å². The molecule has 0 amide bonds. The van der Waals surface area contributed by atoms with Gasteiger partial charge in [0.15, 0.2) is 17.4 Å². The Bertz CT molecular complexity index is 1420. The summed E-state index contributed by atoms with van der Waals surface area (Å²) in [6.07, 6.45) is 5.84. The summed E-state index contributed by atoms with van der Waals surface area (Å²) in [5, 5.41) is 10.9. The molecular formula is C33H40F3N3O5. The Labute approximate surface area is 255 Å². The number of fused-ring (bicyclic) bond motifs is 1. The molecule has 44 heavy (non-hydrogen) atoms. The van der Waals surface area contributed by atoms with Crippen LogP contribution < -0.4 is 9.47 Å². The molecule has 0 saturated carbocycles. The number of aromatic nitrogens is 1. The van der Waals surface area contributed by atoms with E-state index in [9.17, 15) is 23.1 Å². The number of methoxy groups -OCH3 is 1. The van der Waals surface area contributed by atoms with Gasteiger partial charge in [0.1, 0.15) is 18.2 Å². The highest BCUT2D eigenvalue weighted by atomic mass is 19.1. The van der Waals surface area contributed by atoms with Crippen molar-refractivity contribution in [2.45, 2.75) is 45.1 Å². The van der Waals surface area contributed by atoms with E-state index in [1.807, 2.05) is 24.4 Å². The zero-order valence-electron chi connectivity index (χ0n) is 25.1. The van der Waals surface area contributed by atoms with Crippen LogP contribution in [0.5, 0.6) is 11.5 Å². The minimum absolute atomic E-state index is 0.0376. The molecule has 2 fully saturated rings. The van der Waals surface area contributed by atoms with Crippen LogP contribution in [0.2, 0.25) is 0 Å². The first-order chi connectivity index (χ1) is 21.2. The highest BCUT2D eigenvalue weighted by Crippen LogP contribution is 2.40. The number of likely N-dealkylation sites (tertiary alicyclic amines) is 1. The number of halogens is 3. The molecule has 0 bridgehead atoms. The molecule has 238 valence electrons. The molecule has 0 spiro atoms.